The lowest BCUT2D eigenvalue weighted by molar-refractivity contribution is -0.112. The highest BCUT2D eigenvalue weighted by atomic mass is 28.4. The first-order valence-corrected chi connectivity index (χ1v) is 16.2. The Morgan fingerprint density at radius 2 is 1.37 bits per heavy atom. The molecule has 3 nitrogen and oxygen atoms in total. The SMILES string of the molecule is CC(=O)/C=C/CCC[C@@H](O[Si](C)(C)C(C)(C)C)[C@H](C)O[Si](C)(C)C(C)(C)C. The molecule has 0 fully saturated rings. The van der Waals surface area contributed by atoms with Crippen molar-refractivity contribution in [1.82, 2.24) is 0 Å². The van der Waals surface area contributed by atoms with E-state index in [1.807, 2.05) is 6.08 Å². The third-order valence-electron chi connectivity index (χ3n) is 6.27. The maximum Gasteiger partial charge on any atom is 0.192 e. The average Bonchev–Trinajstić information content (AvgIpc) is 2.42. The largest absolute Gasteiger partial charge is 0.412 e. The molecule has 0 saturated carbocycles. The number of hydrogen-bond acceptors (Lipinski definition) is 3. The first-order chi connectivity index (χ1) is 11.9. The molecule has 0 saturated heterocycles. The molecule has 5 heteroatoms. The maximum absolute atomic E-state index is 11.1. The summed E-state index contributed by atoms with van der Waals surface area (Å²) in [7, 11) is -3.72. The van der Waals surface area contributed by atoms with E-state index in [1.54, 1.807) is 13.0 Å². The minimum absolute atomic E-state index is 0.0804. The molecule has 0 spiro atoms. The maximum atomic E-state index is 11.1. The Labute approximate surface area is 171 Å². The summed E-state index contributed by atoms with van der Waals surface area (Å²) in [5.74, 6) is 0.110. The smallest absolute Gasteiger partial charge is 0.192 e. The number of ketones is 1. The zero-order valence-corrected chi connectivity index (χ0v) is 22.2. The lowest BCUT2D eigenvalue weighted by Crippen LogP contribution is -2.51. The predicted octanol–water partition coefficient (Wildman–Crippen LogP) is 7.10. The van der Waals surface area contributed by atoms with Crippen molar-refractivity contribution in [3.05, 3.63) is 12.2 Å². The minimum atomic E-state index is -1.88. The van der Waals surface area contributed by atoms with E-state index in [1.165, 1.54) is 0 Å². The molecule has 0 aliphatic heterocycles. The highest BCUT2D eigenvalue weighted by molar-refractivity contribution is 6.74. The zero-order chi connectivity index (χ0) is 21.7. The van der Waals surface area contributed by atoms with Gasteiger partial charge >= 0.3 is 0 Å². The third-order valence-corrected chi connectivity index (χ3v) is 15.4. The van der Waals surface area contributed by atoms with Crippen LogP contribution in [0.25, 0.3) is 0 Å². The van der Waals surface area contributed by atoms with E-state index in [0.717, 1.165) is 19.3 Å². The molecule has 0 amide bonds. The second-order valence-electron chi connectivity index (χ2n) is 10.9. The molecule has 0 aliphatic rings. The molecule has 0 aromatic rings. The summed E-state index contributed by atoms with van der Waals surface area (Å²) in [4.78, 5) is 11.1. The van der Waals surface area contributed by atoms with Crippen LogP contribution >= 0.6 is 0 Å². The van der Waals surface area contributed by atoms with Crippen LogP contribution in [0.5, 0.6) is 0 Å². The Morgan fingerprint density at radius 3 is 1.78 bits per heavy atom. The van der Waals surface area contributed by atoms with Crippen LogP contribution in [0.1, 0.15) is 74.7 Å². The molecule has 27 heavy (non-hydrogen) atoms. The van der Waals surface area contributed by atoms with Crippen LogP contribution in [0.3, 0.4) is 0 Å². The molecule has 0 aromatic heterocycles. The van der Waals surface area contributed by atoms with E-state index in [-0.39, 0.29) is 28.1 Å². The Hall–Kier alpha value is -0.236. The zero-order valence-electron chi connectivity index (χ0n) is 20.2. The number of allylic oxidation sites excluding steroid dienone is 2. The molecule has 160 valence electrons. The Morgan fingerprint density at radius 1 is 0.926 bits per heavy atom. The van der Waals surface area contributed by atoms with Crippen LogP contribution in [0.15, 0.2) is 12.2 Å². The van der Waals surface area contributed by atoms with E-state index in [0.29, 0.717) is 0 Å². The minimum Gasteiger partial charge on any atom is -0.412 e. The van der Waals surface area contributed by atoms with Crippen molar-refractivity contribution in [3.8, 4) is 0 Å². The lowest BCUT2D eigenvalue weighted by Gasteiger charge is -2.44. The van der Waals surface area contributed by atoms with Crippen molar-refractivity contribution in [1.29, 1.82) is 0 Å². The van der Waals surface area contributed by atoms with Gasteiger partial charge in [-0.2, -0.15) is 0 Å². The molecule has 2 atom stereocenters. The van der Waals surface area contributed by atoms with Gasteiger partial charge in [0.1, 0.15) is 0 Å². The first-order valence-electron chi connectivity index (χ1n) is 10.4. The summed E-state index contributed by atoms with van der Waals surface area (Å²) >= 11 is 0. The Kier molecular flexibility index (Phi) is 9.90. The van der Waals surface area contributed by atoms with Crippen LogP contribution in [0.4, 0.5) is 0 Å². The fraction of sp³-hybridized carbons (Fsp3) is 0.864. The second-order valence-corrected chi connectivity index (χ2v) is 20.5. The van der Waals surface area contributed by atoms with Crippen molar-refractivity contribution < 1.29 is 13.6 Å². The third kappa shape index (κ3) is 9.20. The second kappa shape index (κ2) is 9.99. The van der Waals surface area contributed by atoms with Crippen LogP contribution in [-0.4, -0.2) is 34.6 Å². The van der Waals surface area contributed by atoms with Gasteiger partial charge in [0.25, 0.3) is 0 Å². The van der Waals surface area contributed by atoms with Crippen molar-refractivity contribution >= 4 is 22.4 Å². The predicted molar refractivity (Wildman–Crippen MR) is 123 cm³/mol. The number of carbonyl (C=O) groups is 1. The van der Waals surface area contributed by atoms with Gasteiger partial charge in [-0.25, -0.2) is 0 Å². The Balaban J connectivity index is 5.24. The summed E-state index contributed by atoms with van der Waals surface area (Å²) in [5, 5.41) is 0.365. The molecule has 0 heterocycles. The van der Waals surface area contributed by atoms with Crippen LogP contribution in [-0.2, 0) is 13.6 Å². The van der Waals surface area contributed by atoms with Crippen molar-refractivity contribution in [2.45, 2.75) is 123 Å². The van der Waals surface area contributed by atoms with E-state index in [2.05, 4.69) is 74.7 Å². The summed E-state index contributed by atoms with van der Waals surface area (Å²) in [6, 6.07) is 0. The van der Waals surface area contributed by atoms with Gasteiger partial charge in [-0.05, 0) is 75.5 Å². The highest BCUT2D eigenvalue weighted by Gasteiger charge is 2.43. The van der Waals surface area contributed by atoms with Crippen LogP contribution in [0, 0.1) is 0 Å². The monoisotopic (exact) mass is 414 g/mol. The van der Waals surface area contributed by atoms with Gasteiger partial charge in [-0.1, -0.05) is 47.6 Å². The Bertz CT molecular complexity index is 497. The molecule has 0 aliphatic carbocycles. The van der Waals surface area contributed by atoms with Gasteiger partial charge in [0.15, 0.2) is 22.4 Å². The molecule has 0 N–H and O–H groups in total. The molecular weight excluding hydrogens is 368 g/mol. The van der Waals surface area contributed by atoms with E-state index in [9.17, 15) is 4.79 Å². The molecule has 0 unspecified atom stereocenters. The number of rotatable bonds is 10. The van der Waals surface area contributed by atoms with Gasteiger partial charge in [-0.3, -0.25) is 4.79 Å². The van der Waals surface area contributed by atoms with Gasteiger partial charge < -0.3 is 8.85 Å². The quantitative estimate of drug-likeness (QED) is 0.217. The van der Waals surface area contributed by atoms with Crippen molar-refractivity contribution in [2.75, 3.05) is 0 Å². The summed E-state index contributed by atoms with van der Waals surface area (Å²) in [6.07, 6.45) is 6.70. The van der Waals surface area contributed by atoms with E-state index in [4.69, 9.17) is 8.85 Å². The van der Waals surface area contributed by atoms with Crippen molar-refractivity contribution in [3.63, 3.8) is 0 Å². The van der Waals surface area contributed by atoms with Gasteiger partial charge in [0.05, 0.1) is 12.2 Å². The highest BCUT2D eigenvalue weighted by Crippen LogP contribution is 2.40. The fourth-order valence-corrected chi connectivity index (χ4v) is 5.20. The lowest BCUT2D eigenvalue weighted by atomic mass is 10.1. The van der Waals surface area contributed by atoms with E-state index >= 15 is 0 Å². The van der Waals surface area contributed by atoms with Gasteiger partial charge in [0, 0.05) is 0 Å². The van der Waals surface area contributed by atoms with Crippen LogP contribution < -0.4 is 0 Å². The fourth-order valence-electron chi connectivity index (χ4n) is 2.35. The summed E-state index contributed by atoms with van der Waals surface area (Å²) in [5.41, 5.74) is 0. The standard InChI is InChI=1S/C22H46O3Si2/c1-18(23)16-14-13-15-17-20(25-27(11,12)22(6,7)8)19(2)24-26(9,10)21(3,4)5/h14,16,19-20H,13,15,17H2,1-12H3/b16-14+/t19-,20+/m0/s1. The summed E-state index contributed by atoms with van der Waals surface area (Å²) < 4.78 is 13.5. The van der Waals surface area contributed by atoms with Crippen molar-refractivity contribution in [2.24, 2.45) is 0 Å². The van der Waals surface area contributed by atoms with Crippen LogP contribution in [0.2, 0.25) is 36.3 Å². The number of hydrogen-bond donors (Lipinski definition) is 0. The molecule has 0 radical (unpaired) electrons. The topological polar surface area (TPSA) is 35.5 Å². The average molecular weight is 415 g/mol. The van der Waals surface area contributed by atoms with Gasteiger partial charge in [0.2, 0.25) is 0 Å². The first kappa shape index (κ1) is 26.8. The molecule has 0 aromatic carbocycles. The number of carbonyl (C=O) groups excluding carboxylic acids is 1. The molecular formula is C22H46O3Si2. The molecule has 0 bridgehead atoms. The van der Waals surface area contributed by atoms with E-state index < -0.39 is 16.6 Å². The summed E-state index contributed by atoms with van der Waals surface area (Å²) in [6.45, 7) is 26.7. The number of unbranched alkanes of at least 4 members (excludes halogenated alkanes) is 1. The molecule has 0 rings (SSSR count). The van der Waals surface area contributed by atoms with Gasteiger partial charge in [-0.15, -0.1) is 0 Å². The normalized spacial score (nSPS) is 16.6.